The fraction of sp³-hybridized carbons (Fsp3) is 0.417. The molecule has 1 atom stereocenters. The monoisotopic (exact) mass is 444 g/mol. The summed E-state index contributed by atoms with van der Waals surface area (Å²) >= 11 is 6.03. The van der Waals surface area contributed by atoms with Crippen LogP contribution in [0.4, 0.5) is 5.69 Å². The van der Waals surface area contributed by atoms with Crippen molar-refractivity contribution in [3.05, 3.63) is 52.5 Å². The van der Waals surface area contributed by atoms with Gasteiger partial charge in [0.1, 0.15) is 11.5 Å². The number of likely N-dealkylation sites (tertiary alicyclic amines) is 1. The summed E-state index contributed by atoms with van der Waals surface area (Å²) in [5.74, 6) is 1.49. The molecule has 2 aromatic rings. The quantitative estimate of drug-likeness (QED) is 0.657. The molecule has 31 heavy (non-hydrogen) atoms. The predicted octanol–water partition coefficient (Wildman–Crippen LogP) is 4.94. The van der Waals surface area contributed by atoms with Gasteiger partial charge in [-0.2, -0.15) is 0 Å². The van der Waals surface area contributed by atoms with E-state index in [-0.39, 0.29) is 17.7 Å². The summed E-state index contributed by atoms with van der Waals surface area (Å²) in [6.45, 7) is 3.34. The first kappa shape index (κ1) is 22.9. The molecule has 1 N–H and O–H groups in total. The first-order valence-electron chi connectivity index (χ1n) is 10.5. The molecule has 1 fully saturated rings. The average molecular weight is 445 g/mol. The van der Waals surface area contributed by atoms with Gasteiger partial charge in [-0.05, 0) is 68.0 Å². The molecule has 1 aliphatic heterocycles. The third kappa shape index (κ3) is 5.91. The number of hydrogen-bond donors (Lipinski definition) is 1. The highest BCUT2D eigenvalue weighted by atomic mass is 35.5. The van der Waals surface area contributed by atoms with Gasteiger partial charge in [-0.3, -0.25) is 9.59 Å². The van der Waals surface area contributed by atoms with Crippen molar-refractivity contribution in [2.75, 3.05) is 32.6 Å². The van der Waals surface area contributed by atoms with Crippen molar-refractivity contribution in [2.45, 2.75) is 32.6 Å². The van der Waals surface area contributed by atoms with Crippen molar-refractivity contribution in [1.82, 2.24) is 4.90 Å². The molecule has 0 radical (unpaired) electrons. The van der Waals surface area contributed by atoms with Crippen molar-refractivity contribution >= 4 is 29.1 Å². The number of anilines is 1. The number of amides is 2. The van der Waals surface area contributed by atoms with Crippen LogP contribution in [0.3, 0.4) is 0 Å². The lowest BCUT2D eigenvalue weighted by Crippen LogP contribution is -2.40. The molecule has 0 aromatic heterocycles. The first-order valence-corrected chi connectivity index (χ1v) is 10.9. The second-order valence-corrected chi connectivity index (χ2v) is 8.31. The number of aryl methyl sites for hydroxylation is 1. The number of rotatable bonds is 7. The SMILES string of the molecule is COc1cc(C(=O)N2CCCC(CCC(=O)Nc3cc(Cl)ccc3OC)C2)ccc1C. The Morgan fingerprint density at radius 1 is 1.13 bits per heavy atom. The number of ether oxygens (including phenoxy) is 2. The number of halogens is 1. The van der Waals surface area contributed by atoms with Crippen molar-refractivity contribution in [3.63, 3.8) is 0 Å². The van der Waals surface area contributed by atoms with E-state index < -0.39 is 0 Å². The van der Waals surface area contributed by atoms with E-state index in [9.17, 15) is 9.59 Å². The Bertz CT molecular complexity index is 947. The smallest absolute Gasteiger partial charge is 0.253 e. The van der Waals surface area contributed by atoms with Crippen LogP contribution in [-0.4, -0.2) is 44.0 Å². The van der Waals surface area contributed by atoms with Gasteiger partial charge >= 0.3 is 0 Å². The van der Waals surface area contributed by atoms with E-state index in [2.05, 4.69) is 5.32 Å². The minimum atomic E-state index is -0.0905. The van der Waals surface area contributed by atoms with Gasteiger partial charge in [0.2, 0.25) is 5.91 Å². The Labute approximate surface area is 188 Å². The number of methoxy groups -OCH3 is 2. The number of benzene rings is 2. The molecule has 1 aliphatic rings. The minimum Gasteiger partial charge on any atom is -0.496 e. The van der Waals surface area contributed by atoms with Gasteiger partial charge < -0.3 is 19.7 Å². The summed E-state index contributed by atoms with van der Waals surface area (Å²) in [7, 11) is 3.16. The molecule has 2 amide bonds. The maximum atomic E-state index is 13.0. The maximum Gasteiger partial charge on any atom is 0.253 e. The van der Waals surface area contributed by atoms with E-state index in [1.165, 1.54) is 0 Å². The fourth-order valence-electron chi connectivity index (χ4n) is 3.95. The number of nitrogens with one attached hydrogen (secondary N) is 1. The topological polar surface area (TPSA) is 67.9 Å². The van der Waals surface area contributed by atoms with E-state index >= 15 is 0 Å². The molecule has 7 heteroatoms. The van der Waals surface area contributed by atoms with Crippen LogP contribution >= 0.6 is 11.6 Å². The second kappa shape index (κ2) is 10.5. The zero-order chi connectivity index (χ0) is 22.4. The Morgan fingerprint density at radius 3 is 2.65 bits per heavy atom. The normalized spacial score (nSPS) is 16.0. The molecular weight excluding hydrogens is 416 g/mol. The molecule has 1 saturated heterocycles. The van der Waals surface area contributed by atoms with Crippen LogP contribution in [0.1, 0.15) is 41.6 Å². The number of piperidine rings is 1. The Hall–Kier alpha value is -2.73. The summed E-state index contributed by atoms with van der Waals surface area (Å²) in [6, 6.07) is 10.7. The second-order valence-electron chi connectivity index (χ2n) is 7.88. The van der Waals surface area contributed by atoms with E-state index in [1.54, 1.807) is 38.5 Å². The molecule has 0 bridgehead atoms. The molecule has 0 aliphatic carbocycles. The highest BCUT2D eigenvalue weighted by Gasteiger charge is 2.25. The van der Waals surface area contributed by atoms with Crippen molar-refractivity contribution in [1.29, 1.82) is 0 Å². The zero-order valence-electron chi connectivity index (χ0n) is 18.2. The highest BCUT2D eigenvalue weighted by Crippen LogP contribution is 2.29. The van der Waals surface area contributed by atoms with E-state index in [4.69, 9.17) is 21.1 Å². The van der Waals surface area contributed by atoms with Crippen LogP contribution in [0.2, 0.25) is 5.02 Å². The fourth-order valence-corrected chi connectivity index (χ4v) is 4.12. The van der Waals surface area contributed by atoms with Gasteiger partial charge in [0.25, 0.3) is 5.91 Å². The first-order chi connectivity index (χ1) is 14.9. The largest absolute Gasteiger partial charge is 0.496 e. The summed E-state index contributed by atoms with van der Waals surface area (Å²) in [4.78, 5) is 27.3. The predicted molar refractivity (Wildman–Crippen MR) is 122 cm³/mol. The number of hydrogen-bond acceptors (Lipinski definition) is 4. The molecular formula is C24H29ClN2O4. The van der Waals surface area contributed by atoms with Gasteiger partial charge in [0, 0.05) is 30.1 Å². The van der Waals surface area contributed by atoms with Gasteiger partial charge in [0.15, 0.2) is 0 Å². The number of nitrogens with zero attached hydrogens (tertiary/aromatic N) is 1. The lowest BCUT2D eigenvalue weighted by Gasteiger charge is -2.33. The zero-order valence-corrected chi connectivity index (χ0v) is 19.0. The van der Waals surface area contributed by atoms with Crippen LogP contribution in [0.5, 0.6) is 11.5 Å². The van der Waals surface area contributed by atoms with Crippen LogP contribution in [0.15, 0.2) is 36.4 Å². The van der Waals surface area contributed by atoms with E-state index in [0.29, 0.717) is 40.7 Å². The number of carbonyl (C=O) groups excluding carboxylic acids is 2. The van der Waals surface area contributed by atoms with Crippen molar-refractivity contribution < 1.29 is 19.1 Å². The molecule has 3 rings (SSSR count). The number of carbonyl (C=O) groups is 2. The minimum absolute atomic E-state index is 0.0103. The van der Waals surface area contributed by atoms with Crippen LogP contribution < -0.4 is 14.8 Å². The summed E-state index contributed by atoms with van der Waals surface area (Å²) in [5.41, 5.74) is 2.19. The Morgan fingerprint density at radius 2 is 1.90 bits per heavy atom. The summed E-state index contributed by atoms with van der Waals surface area (Å²) < 4.78 is 10.6. The maximum absolute atomic E-state index is 13.0. The lowest BCUT2D eigenvalue weighted by atomic mass is 9.92. The Kier molecular flexibility index (Phi) is 7.80. The standard InChI is InChI=1S/C24H29ClN2O4/c1-16-6-8-18(13-22(16)31-3)24(29)27-12-4-5-17(15-27)7-11-23(28)26-20-14-19(25)9-10-21(20)30-2/h6,8-10,13-14,17H,4-5,7,11-12,15H2,1-3H3,(H,26,28). The van der Waals surface area contributed by atoms with Crippen LogP contribution in [0, 0.1) is 12.8 Å². The molecule has 0 saturated carbocycles. The lowest BCUT2D eigenvalue weighted by molar-refractivity contribution is -0.116. The molecule has 1 heterocycles. The van der Waals surface area contributed by atoms with E-state index in [1.807, 2.05) is 24.0 Å². The van der Waals surface area contributed by atoms with Crippen molar-refractivity contribution in [3.8, 4) is 11.5 Å². The highest BCUT2D eigenvalue weighted by molar-refractivity contribution is 6.31. The Balaban J connectivity index is 1.56. The molecule has 1 unspecified atom stereocenters. The molecule has 0 spiro atoms. The van der Waals surface area contributed by atoms with Crippen LogP contribution in [0.25, 0.3) is 0 Å². The van der Waals surface area contributed by atoms with Gasteiger partial charge in [-0.15, -0.1) is 0 Å². The molecule has 6 nitrogen and oxygen atoms in total. The molecule has 166 valence electrons. The average Bonchev–Trinajstić information content (AvgIpc) is 2.78. The van der Waals surface area contributed by atoms with Crippen LogP contribution in [-0.2, 0) is 4.79 Å². The third-order valence-electron chi connectivity index (χ3n) is 5.68. The van der Waals surface area contributed by atoms with Crippen molar-refractivity contribution in [2.24, 2.45) is 5.92 Å². The third-order valence-corrected chi connectivity index (χ3v) is 5.91. The van der Waals surface area contributed by atoms with Gasteiger partial charge in [0.05, 0.1) is 19.9 Å². The van der Waals surface area contributed by atoms with Gasteiger partial charge in [-0.1, -0.05) is 17.7 Å². The summed E-state index contributed by atoms with van der Waals surface area (Å²) in [5, 5.41) is 3.41. The van der Waals surface area contributed by atoms with E-state index in [0.717, 1.165) is 31.4 Å². The molecule has 2 aromatic carbocycles. The van der Waals surface area contributed by atoms with Gasteiger partial charge in [-0.25, -0.2) is 0 Å². The summed E-state index contributed by atoms with van der Waals surface area (Å²) in [6.07, 6.45) is 3.04.